The van der Waals surface area contributed by atoms with Crippen molar-refractivity contribution in [3.8, 4) is 0 Å². The van der Waals surface area contributed by atoms with Gasteiger partial charge in [-0.1, -0.05) is 85.8 Å². The summed E-state index contributed by atoms with van der Waals surface area (Å²) in [7, 11) is 0. The molecule has 0 aliphatic rings. The Labute approximate surface area is 199 Å². The molecule has 0 aliphatic carbocycles. The van der Waals surface area contributed by atoms with Gasteiger partial charge in [0.05, 0.1) is 11.3 Å². The van der Waals surface area contributed by atoms with Gasteiger partial charge in [0.1, 0.15) is 6.04 Å². The fraction of sp³-hybridized carbons (Fsp3) is 0.259. The molecular weight excluding hydrogens is 430 g/mol. The number of carbonyl (C=O) groups is 2. The van der Waals surface area contributed by atoms with Crippen molar-refractivity contribution in [1.29, 1.82) is 0 Å². The Morgan fingerprint density at radius 2 is 1.50 bits per heavy atom. The van der Waals surface area contributed by atoms with Crippen LogP contribution in [-0.4, -0.2) is 34.2 Å². The van der Waals surface area contributed by atoms with Gasteiger partial charge >= 0.3 is 0 Å². The van der Waals surface area contributed by atoms with Crippen molar-refractivity contribution in [2.45, 2.75) is 38.8 Å². The highest BCUT2D eigenvalue weighted by Gasteiger charge is 2.31. The second-order valence-corrected chi connectivity index (χ2v) is 8.07. The summed E-state index contributed by atoms with van der Waals surface area (Å²) in [6.07, 6.45) is 0.939. The molecule has 7 nitrogen and oxygen atoms in total. The molecule has 3 aromatic rings. The maximum Gasteiger partial charge on any atom is 0.273 e. The quantitative estimate of drug-likeness (QED) is 0.342. The number of hydrogen-bond donors (Lipinski definition) is 1. The lowest BCUT2D eigenvalue weighted by molar-refractivity contribution is -0.385. The monoisotopic (exact) mass is 459 g/mol. The van der Waals surface area contributed by atoms with Gasteiger partial charge in [-0.25, -0.2) is 0 Å². The average Bonchev–Trinajstić information content (AvgIpc) is 2.86. The van der Waals surface area contributed by atoms with Crippen molar-refractivity contribution in [2.24, 2.45) is 0 Å². The largest absolute Gasteiger partial charge is 0.354 e. The molecule has 0 bridgehead atoms. The highest BCUT2D eigenvalue weighted by atomic mass is 16.6. The van der Waals surface area contributed by atoms with E-state index in [2.05, 4.69) is 5.32 Å². The molecule has 7 heteroatoms. The molecule has 0 saturated heterocycles. The molecule has 1 atom stereocenters. The molecule has 0 heterocycles. The number of hydrogen-bond acceptors (Lipinski definition) is 4. The second kappa shape index (κ2) is 12.3. The predicted molar refractivity (Wildman–Crippen MR) is 131 cm³/mol. The second-order valence-electron chi connectivity index (χ2n) is 8.07. The predicted octanol–water partition coefficient (Wildman–Crippen LogP) is 4.30. The molecule has 0 spiro atoms. The van der Waals surface area contributed by atoms with Gasteiger partial charge in [-0.3, -0.25) is 19.7 Å². The summed E-state index contributed by atoms with van der Waals surface area (Å²) in [5, 5.41) is 14.4. The van der Waals surface area contributed by atoms with Crippen molar-refractivity contribution in [2.75, 3.05) is 6.54 Å². The Balaban J connectivity index is 1.97. The number of benzene rings is 3. The molecule has 3 rings (SSSR count). The molecule has 34 heavy (non-hydrogen) atoms. The first-order chi connectivity index (χ1) is 16.5. The smallest absolute Gasteiger partial charge is 0.273 e. The fourth-order valence-electron chi connectivity index (χ4n) is 3.80. The van der Waals surface area contributed by atoms with E-state index in [0.717, 1.165) is 17.5 Å². The van der Waals surface area contributed by atoms with Crippen LogP contribution in [0.1, 0.15) is 30.0 Å². The molecule has 0 unspecified atom stereocenters. The average molecular weight is 460 g/mol. The van der Waals surface area contributed by atoms with Crippen LogP contribution in [0.3, 0.4) is 0 Å². The van der Waals surface area contributed by atoms with Crippen LogP contribution in [0.5, 0.6) is 0 Å². The highest BCUT2D eigenvalue weighted by molar-refractivity contribution is 5.89. The number of nitro groups is 1. The van der Waals surface area contributed by atoms with Crippen LogP contribution in [0.4, 0.5) is 5.69 Å². The van der Waals surface area contributed by atoms with E-state index in [4.69, 9.17) is 0 Å². The van der Waals surface area contributed by atoms with E-state index in [1.807, 2.05) is 67.6 Å². The minimum atomic E-state index is -0.760. The Hall–Kier alpha value is -4.00. The molecule has 2 amide bonds. The van der Waals surface area contributed by atoms with Gasteiger partial charge in [0.25, 0.3) is 5.69 Å². The van der Waals surface area contributed by atoms with Gasteiger partial charge < -0.3 is 10.2 Å². The number of para-hydroxylation sites is 1. The normalized spacial score (nSPS) is 11.4. The van der Waals surface area contributed by atoms with E-state index < -0.39 is 11.0 Å². The van der Waals surface area contributed by atoms with Crippen molar-refractivity contribution in [3.63, 3.8) is 0 Å². The summed E-state index contributed by atoms with van der Waals surface area (Å²) in [5.74, 6) is -0.580. The lowest BCUT2D eigenvalue weighted by Gasteiger charge is -2.31. The minimum absolute atomic E-state index is 0.106. The zero-order chi connectivity index (χ0) is 24.3. The number of nitro benzene ring substituents is 1. The number of nitrogens with zero attached hydrogens (tertiary/aromatic N) is 2. The summed E-state index contributed by atoms with van der Waals surface area (Å²) >= 11 is 0. The Morgan fingerprint density at radius 3 is 2.12 bits per heavy atom. The standard InChI is InChI=1S/C27H29N3O4/c1-2-17-28-27(32)25(18-21-11-5-3-6-12-21)29(20-22-13-7-4-8-14-22)26(31)19-23-15-9-10-16-24(23)30(33)34/h3-16,25H,2,17-20H2,1H3,(H,28,32)/t25-/m1/s1. The van der Waals surface area contributed by atoms with Crippen LogP contribution < -0.4 is 5.32 Å². The van der Waals surface area contributed by atoms with Gasteiger partial charge in [0, 0.05) is 31.1 Å². The van der Waals surface area contributed by atoms with Gasteiger partial charge in [-0.15, -0.1) is 0 Å². The molecular formula is C27H29N3O4. The Morgan fingerprint density at radius 1 is 0.912 bits per heavy atom. The molecule has 0 aromatic heterocycles. The lowest BCUT2D eigenvalue weighted by Crippen LogP contribution is -2.51. The van der Waals surface area contributed by atoms with E-state index in [1.165, 1.54) is 6.07 Å². The summed E-state index contributed by atoms with van der Waals surface area (Å²) in [4.78, 5) is 39.4. The number of carbonyl (C=O) groups excluding carboxylic acids is 2. The van der Waals surface area contributed by atoms with Crippen LogP contribution in [0.25, 0.3) is 0 Å². The molecule has 3 aromatic carbocycles. The van der Waals surface area contributed by atoms with Gasteiger partial charge in [-0.05, 0) is 17.5 Å². The summed E-state index contributed by atoms with van der Waals surface area (Å²) < 4.78 is 0. The first-order valence-corrected chi connectivity index (χ1v) is 11.4. The third kappa shape index (κ3) is 6.75. The number of nitrogens with one attached hydrogen (secondary N) is 1. The third-order valence-electron chi connectivity index (χ3n) is 5.55. The van der Waals surface area contributed by atoms with Gasteiger partial charge in [0.2, 0.25) is 11.8 Å². The SMILES string of the molecule is CCCNC(=O)[C@@H](Cc1ccccc1)N(Cc1ccccc1)C(=O)Cc1ccccc1[N+](=O)[O-]. The van der Waals surface area contributed by atoms with E-state index >= 15 is 0 Å². The van der Waals surface area contributed by atoms with E-state index in [0.29, 0.717) is 18.5 Å². The summed E-state index contributed by atoms with van der Waals surface area (Å²) in [6, 6.07) is 24.4. The van der Waals surface area contributed by atoms with E-state index in [1.54, 1.807) is 23.1 Å². The van der Waals surface area contributed by atoms with Crippen LogP contribution >= 0.6 is 0 Å². The third-order valence-corrected chi connectivity index (χ3v) is 5.55. The molecule has 0 aliphatic heterocycles. The Bertz CT molecular complexity index is 1100. The highest BCUT2D eigenvalue weighted by Crippen LogP contribution is 2.21. The van der Waals surface area contributed by atoms with Gasteiger partial charge in [0.15, 0.2) is 0 Å². The summed E-state index contributed by atoms with van der Waals surface area (Å²) in [5.41, 5.74) is 2.02. The zero-order valence-corrected chi connectivity index (χ0v) is 19.2. The van der Waals surface area contributed by atoms with Gasteiger partial charge in [-0.2, -0.15) is 0 Å². The maximum absolute atomic E-state index is 13.6. The summed E-state index contributed by atoms with van der Waals surface area (Å²) in [6.45, 7) is 2.69. The zero-order valence-electron chi connectivity index (χ0n) is 19.2. The first kappa shape index (κ1) is 24.6. The lowest BCUT2D eigenvalue weighted by atomic mass is 10.0. The van der Waals surface area contributed by atoms with Crippen molar-refractivity contribution >= 4 is 17.5 Å². The maximum atomic E-state index is 13.6. The molecule has 1 N–H and O–H groups in total. The minimum Gasteiger partial charge on any atom is -0.354 e. The van der Waals surface area contributed by atoms with Crippen LogP contribution in [0.2, 0.25) is 0 Å². The topological polar surface area (TPSA) is 92.6 Å². The van der Waals surface area contributed by atoms with E-state index in [-0.39, 0.29) is 30.5 Å². The number of rotatable bonds is 11. The van der Waals surface area contributed by atoms with Crippen LogP contribution in [-0.2, 0) is 29.0 Å². The van der Waals surface area contributed by atoms with Crippen molar-refractivity contribution < 1.29 is 14.5 Å². The molecule has 0 radical (unpaired) electrons. The van der Waals surface area contributed by atoms with Crippen LogP contribution in [0.15, 0.2) is 84.9 Å². The van der Waals surface area contributed by atoms with Crippen LogP contribution in [0, 0.1) is 10.1 Å². The number of amides is 2. The van der Waals surface area contributed by atoms with Crippen molar-refractivity contribution in [1.82, 2.24) is 10.2 Å². The first-order valence-electron chi connectivity index (χ1n) is 11.4. The van der Waals surface area contributed by atoms with E-state index in [9.17, 15) is 19.7 Å². The van der Waals surface area contributed by atoms with Crippen molar-refractivity contribution in [3.05, 3.63) is 112 Å². The molecule has 176 valence electrons. The Kier molecular flexibility index (Phi) is 8.91. The fourth-order valence-corrected chi connectivity index (χ4v) is 3.80. The molecule has 0 fully saturated rings. The molecule has 0 saturated carbocycles.